The quantitative estimate of drug-likeness (QED) is 0.802. The molecular formula is C17H24FN3O4S. The lowest BCUT2D eigenvalue weighted by Crippen LogP contribution is -2.46. The van der Waals surface area contributed by atoms with Gasteiger partial charge in [-0.15, -0.1) is 0 Å². The maximum Gasteiger partial charge on any atom is 0.241 e. The summed E-state index contributed by atoms with van der Waals surface area (Å²) in [6.45, 7) is 3.84. The van der Waals surface area contributed by atoms with Crippen molar-refractivity contribution >= 4 is 21.6 Å². The van der Waals surface area contributed by atoms with Gasteiger partial charge in [0, 0.05) is 25.2 Å². The fourth-order valence-electron chi connectivity index (χ4n) is 3.58. The maximum absolute atomic E-state index is 13.4. The van der Waals surface area contributed by atoms with Crippen LogP contribution in [0.4, 0.5) is 10.1 Å². The van der Waals surface area contributed by atoms with Gasteiger partial charge in [-0.05, 0) is 31.5 Å². The number of fused-ring (bicyclic) bond motifs is 1. The molecule has 0 aliphatic carbocycles. The Bertz CT molecular complexity index is 773. The molecule has 3 rings (SSSR count). The van der Waals surface area contributed by atoms with Crippen molar-refractivity contribution in [1.29, 1.82) is 0 Å². The van der Waals surface area contributed by atoms with Crippen LogP contribution in [0.3, 0.4) is 0 Å². The molecule has 0 radical (unpaired) electrons. The van der Waals surface area contributed by atoms with Crippen molar-refractivity contribution in [3.05, 3.63) is 30.1 Å². The minimum atomic E-state index is -3.72. The van der Waals surface area contributed by atoms with Crippen LogP contribution in [0.15, 0.2) is 24.3 Å². The van der Waals surface area contributed by atoms with Crippen LogP contribution in [0.1, 0.15) is 13.3 Å². The molecule has 0 bridgehead atoms. The molecule has 1 amide bonds. The molecule has 1 aromatic rings. The number of anilines is 1. The zero-order chi connectivity index (χ0) is 18.9. The molecule has 2 fully saturated rings. The van der Waals surface area contributed by atoms with Crippen LogP contribution in [-0.4, -0.2) is 69.9 Å². The molecule has 144 valence electrons. The van der Waals surface area contributed by atoms with E-state index >= 15 is 0 Å². The molecule has 2 aliphatic heterocycles. The standard InChI is InChI=1S/C17H24FN3O4S/c1-12-8-20-9-14(7-16(20)11-25-12)19-17(22)10-21(26(2,23)24)15-5-3-4-13(18)6-15/h3-6,12,14,16H,7-11H2,1-2H3,(H,19,22)/t12-,14+,16-/m0/s1. The summed E-state index contributed by atoms with van der Waals surface area (Å²) in [5.41, 5.74) is 0.133. The van der Waals surface area contributed by atoms with Gasteiger partial charge in [0.2, 0.25) is 15.9 Å². The molecule has 0 unspecified atom stereocenters. The Morgan fingerprint density at radius 1 is 1.42 bits per heavy atom. The van der Waals surface area contributed by atoms with Crippen molar-refractivity contribution in [2.45, 2.75) is 31.5 Å². The van der Waals surface area contributed by atoms with Crippen molar-refractivity contribution < 1.29 is 22.3 Å². The fourth-order valence-corrected chi connectivity index (χ4v) is 4.43. The van der Waals surface area contributed by atoms with Gasteiger partial charge in [-0.1, -0.05) is 6.07 Å². The first-order chi connectivity index (χ1) is 12.2. The first kappa shape index (κ1) is 19.1. The average Bonchev–Trinajstić information content (AvgIpc) is 2.92. The van der Waals surface area contributed by atoms with Crippen molar-refractivity contribution in [2.75, 3.05) is 36.8 Å². The van der Waals surface area contributed by atoms with Gasteiger partial charge >= 0.3 is 0 Å². The Hall–Kier alpha value is -1.71. The fraction of sp³-hybridized carbons (Fsp3) is 0.588. The van der Waals surface area contributed by atoms with Crippen LogP contribution in [-0.2, 0) is 19.6 Å². The summed E-state index contributed by atoms with van der Waals surface area (Å²) >= 11 is 0. The normalized spacial score (nSPS) is 26.3. The first-order valence-corrected chi connectivity index (χ1v) is 10.5. The van der Waals surface area contributed by atoms with Gasteiger partial charge in [0.25, 0.3) is 0 Å². The van der Waals surface area contributed by atoms with Gasteiger partial charge in [0.15, 0.2) is 0 Å². The Kier molecular flexibility index (Phi) is 5.50. The number of rotatable bonds is 5. The van der Waals surface area contributed by atoms with E-state index in [1.54, 1.807) is 0 Å². The number of nitrogens with one attached hydrogen (secondary N) is 1. The highest BCUT2D eigenvalue weighted by Gasteiger charge is 2.37. The van der Waals surface area contributed by atoms with E-state index in [9.17, 15) is 17.6 Å². The number of carbonyl (C=O) groups is 1. The van der Waals surface area contributed by atoms with E-state index in [0.717, 1.165) is 36.1 Å². The summed E-state index contributed by atoms with van der Waals surface area (Å²) < 4.78 is 44.1. The Balaban J connectivity index is 1.64. The van der Waals surface area contributed by atoms with Gasteiger partial charge in [0.1, 0.15) is 12.4 Å². The third-order valence-corrected chi connectivity index (χ3v) is 5.88. The number of carbonyl (C=O) groups excluding carboxylic acids is 1. The van der Waals surface area contributed by atoms with Gasteiger partial charge in [-0.3, -0.25) is 14.0 Å². The van der Waals surface area contributed by atoms with E-state index in [0.29, 0.717) is 6.61 Å². The zero-order valence-electron chi connectivity index (χ0n) is 14.9. The third-order valence-electron chi connectivity index (χ3n) is 4.74. The van der Waals surface area contributed by atoms with Crippen LogP contribution in [0.2, 0.25) is 0 Å². The number of nitrogens with zero attached hydrogens (tertiary/aromatic N) is 2. The lowest BCUT2D eigenvalue weighted by molar-refractivity contribution is -0.120. The Labute approximate surface area is 153 Å². The van der Waals surface area contributed by atoms with E-state index < -0.39 is 21.7 Å². The lowest BCUT2D eigenvalue weighted by atomic mass is 10.1. The molecule has 0 saturated carbocycles. The molecule has 2 heterocycles. The summed E-state index contributed by atoms with van der Waals surface area (Å²) in [6.07, 6.45) is 1.95. The van der Waals surface area contributed by atoms with Crippen molar-refractivity contribution in [3.63, 3.8) is 0 Å². The first-order valence-electron chi connectivity index (χ1n) is 8.60. The van der Waals surface area contributed by atoms with Gasteiger partial charge in [0.05, 0.1) is 24.7 Å². The number of hydrogen-bond acceptors (Lipinski definition) is 5. The van der Waals surface area contributed by atoms with Crippen molar-refractivity contribution in [2.24, 2.45) is 0 Å². The maximum atomic E-state index is 13.4. The molecule has 1 aromatic carbocycles. The van der Waals surface area contributed by atoms with Crippen molar-refractivity contribution in [1.82, 2.24) is 10.2 Å². The molecule has 0 spiro atoms. The largest absolute Gasteiger partial charge is 0.376 e. The molecule has 26 heavy (non-hydrogen) atoms. The van der Waals surface area contributed by atoms with E-state index in [1.807, 2.05) is 6.92 Å². The summed E-state index contributed by atoms with van der Waals surface area (Å²) in [7, 11) is -3.72. The molecule has 1 N–H and O–H groups in total. The Morgan fingerprint density at radius 3 is 2.88 bits per heavy atom. The van der Waals surface area contributed by atoms with Crippen LogP contribution in [0.5, 0.6) is 0 Å². The van der Waals surface area contributed by atoms with E-state index in [2.05, 4.69) is 10.2 Å². The number of hydrogen-bond donors (Lipinski definition) is 1. The molecule has 9 heteroatoms. The van der Waals surface area contributed by atoms with E-state index in [-0.39, 0.29) is 30.4 Å². The molecular weight excluding hydrogens is 361 g/mol. The second-order valence-electron chi connectivity index (χ2n) is 7.00. The highest BCUT2D eigenvalue weighted by Crippen LogP contribution is 2.23. The summed E-state index contributed by atoms with van der Waals surface area (Å²) in [5.74, 6) is -0.961. The summed E-state index contributed by atoms with van der Waals surface area (Å²) in [4.78, 5) is 14.7. The molecule has 3 atom stereocenters. The molecule has 7 nitrogen and oxygen atoms in total. The predicted molar refractivity (Wildman–Crippen MR) is 95.9 cm³/mol. The number of halogens is 1. The van der Waals surface area contributed by atoms with Crippen LogP contribution < -0.4 is 9.62 Å². The monoisotopic (exact) mass is 385 g/mol. The third kappa shape index (κ3) is 4.52. The number of amides is 1. The van der Waals surface area contributed by atoms with E-state index in [4.69, 9.17) is 4.74 Å². The molecule has 2 aliphatic rings. The number of ether oxygens (including phenoxy) is 1. The highest BCUT2D eigenvalue weighted by atomic mass is 32.2. The smallest absolute Gasteiger partial charge is 0.241 e. The highest BCUT2D eigenvalue weighted by molar-refractivity contribution is 7.92. The SMILES string of the molecule is C[C@H]1CN2C[C@H](NC(=O)CN(c3cccc(F)c3)S(C)(=O)=O)C[C@H]2CO1. The number of morpholine rings is 1. The molecule has 0 aromatic heterocycles. The average molecular weight is 385 g/mol. The minimum Gasteiger partial charge on any atom is -0.376 e. The zero-order valence-corrected chi connectivity index (χ0v) is 15.7. The second kappa shape index (κ2) is 7.50. The number of benzene rings is 1. The Morgan fingerprint density at radius 2 is 2.19 bits per heavy atom. The van der Waals surface area contributed by atoms with Gasteiger partial charge < -0.3 is 10.1 Å². The van der Waals surface area contributed by atoms with Gasteiger partial charge in [-0.25, -0.2) is 12.8 Å². The molecule has 2 saturated heterocycles. The van der Waals surface area contributed by atoms with Crippen LogP contribution in [0, 0.1) is 5.82 Å². The minimum absolute atomic E-state index is 0.0460. The number of sulfonamides is 1. The predicted octanol–water partition coefficient (Wildman–Crippen LogP) is 0.570. The van der Waals surface area contributed by atoms with Crippen molar-refractivity contribution in [3.8, 4) is 0 Å². The topological polar surface area (TPSA) is 79.0 Å². The van der Waals surface area contributed by atoms with Crippen LogP contribution >= 0.6 is 0 Å². The van der Waals surface area contributed by atoms with Gasteiger partial charge in [-0.2, -0.15) is 0 Å². The van der Waals surface area contributed by atoms with Crippen LogP contribution in [0.25, 0.3) is 0 Å². The summed E-state index contributed by atoms with van der Waals surface area (Å²) in [5, 5.41) is 2.90. The second-order valence-corrected chi connectivity index (χ2v) is 8.91. The summed E-state index contributed by atoms with van der Waals surface area (Å²) in [6, 6.07) is 5.44. The van der Waals surface area contributed by atoms with E-state index in [1.165, 1.54) is 18.2 Å². The lowest BCUT2D eigenvalue weighted by Gasteiger charge is -2.33.